The van der Waals surface area contributed by atoms with Crippen LogP contribution in [0.4, 0.5) is 0 Å². The molecule has 1 fully saturated rings. The predicted octanol–water partition coefficient (Wildman–Crippen LogP) is 14.5. The molecule has 0 aliphatic heterocycles. The zero-order valence-corrected chi connectivity index (χ0v) is 38.7. The Kier molecular flexibility index (Phi) is 14.3. The summed E-state index contributed by atoms with van der Waals surface area (Å²) in [6, 6.07) is 20.6. The molecule has 0 saturated heterocycles. The summed E-state index contributed by atoms with van der Waals surface area (Å²) in [6.07, 6.45) is 10.8. The molecule has 5 aromatic rings. The second kappa shape index (κ2) is 17.6. The van der Waals surface area contributed by atoms with E-state index in [1.54, 1.807) is 0 Å². The summed E-state index contributed by atoms with van der Waals surface area (Å²) in [7, 11) is 4.45. The van der Waals surface area contributed by atoms with Gasteiger partial charge in [-0.25, -0.2) is 0 Å². The zero-order chi connectivity index (χ0) is 39.7. The average molecular weight is 937 g/mol. The normalized spacial score (nSPS) is 16.1. The number of benzene rings is 3. The molecule has 55 heavy (non-hydrogen) atoms. The summed E-state index contributed by atoms with van der Waals surface area (Å²) in [4.78, 5) is 11.7. The number of fused-ring (bicyclic) bond motifs is 4. The number of hydrogen-bond donors (Lipinski definition) is 1. The summed E-state index contributed by atoms with van der Waals surface area (Å²) in [5, 5.41) is 14.9. The third kappa shape index (κ3) is 9.72. The molecule has 1 aliphatic rings. The number of nitrogens with zero attached hydrogens (tertiary/aromatic N) is 1. The van der Waals surface area contributed by atoms with Crippen LogP contribution in [0, 0.1) is 36.6 Å². The van der Waals surface area contributed by atoms with Gasteiger partial charge in [-0.3, -0.25) is 4.79 Å². The first-order valence-corrected chi connectivity index (χ1v) is 21.2. The molecule has 1 N–H and O–H groups in total. The smallest absolute Gasteiger partial charge is 0.162 e. The fourth-order valence-corrected chi connectivity index (χ4v) is 10.8. The van der Waals surface area contributed by atoms with E-state index in [-0.39, 0.29) is 48.9 Å². The van der Waals surface area contributed by atoms with Crippen molar-refractivity contribution in [1.29, 1.82) is 0 Å². The van der Waals surface area contributed by atoms with Gasteiger partial charge in [0.15, 0.2) is 5.78 Å². The van der Waals surface area contributed by atoms with Crippen molar-refractivity contribution < 1.29 is 34.6 Å². The van der Waals surface area contributed by atoms with Crippen LogP contribution in [0.25, 0.3) is 42.2 Å². The van der Waals surface area contributed by atoms with E-state index in [4.69, 9.17) is 0 Å². The molecule has 0 amide bonds. The van der Waals surface area contributed by atoms with E-state index < -0.39 is 0 Å². The van der Waals surface area contributed by atoms with Crippen LogP contribution in [0.2, 0.25) is 0 Å². The number of aromatic nitrogens is 1. The number of thiophene rings is 1. The van der Waals surface area contributed by atoms with Gasteiger partial charge >= 0.3 is 0 Å². The van der Waals surface area contributed by atoms with Gasteiger partial charge in [0.2, 0.25) is 0 Å². The van der Waals surface area contributed by atoms with Gasteiger partial charge in [0, 0.05) is 54.5 Å². The third-order valence-electron chi connectivity index (χ3n) is 12.0. The SMILES string of the molecule is CCC(CC)C(=O)/C=C(\O)C(CC)CC.[CH2-]c1c(-c2c3sc4cc(C5CC(C)(C)CC(C)(C)C5)ccc4c3cc[n+]2[CH2-])cc(C(C)(C)C)c2ccccc12.[Ir]. The molecule has 0 bridgehead atoms. The van der Waals surface area contributed by atoms with Crippen LogP contribution in [-0.2, 0) is 30.3 Å². The Hall–Kier alpha value is -3.11. The number of aliphatic hydroxyl groups is 1. The Labute approximate surface area is 350 Å². The molecule has 6 rings (SSSR count). The molecule has 0 spiro atoms. The Bertz CT molecular complexity index is 2140. The van der Waals surface area contributed by atoms with Gasteiger partial charge in [-0.2, -0.15) is 12.5 Å². The molecule has 1 aliphatic carbocycles. The van der Waals surface area contributed by atoms with Crippen molar-refractivity contribution in [3.05, 3.63) is 103 Å². The van der Waals surface area contributed by atoms with Crippen molar-refractivity contribution in [2.45, 2.75) is 132 Å². The van der Waals surface area contributed by atoms with E-state index in [0.717, 1.165) is 36.9 Å². The predicted molar refractivity (Wildman–Crippen MR) is 234 cm³/mol. The second-order valence-corrected chi connectivity index (χ2v) is 19.6. The second-order valence-electron chi connectivity index (χ2n) is 18.6. The van der Waals surface area contributed by atoms with Gasteiger partial charge in [0.1, 0.15) is 0 Å². The molecule has 1 saturated carbocycles. The maximum atomic E-state index is 11.7. The van der Waals surface area contributed by atoms with Crippen molar-refractivity contribution in [1.82, 2.24) is 0 Å². The largest absolute Gasteiger partial charge is 0.512 e. The number of pyridine rings is 1. The summed E-state index contributed by atoms with van der Waals surface area (Å²) in [5.74, 6) is 1.16. The molecule has 2 aromatic heterocycles. The van der Waals surface area contributed by atoms with Gasteiger partial charge in [-0.15, -0.1) is 34.4 Å². The minimum atomic E-state index is 0. The van der Waals surface area contributed by atoms with Crippen LogP contribution in [0.3, 0.4) is 0 Å². The quantitative estimate of drug-likeness (QED) is 0.0692. The molecule has 3 nitrogen and oxygen atoms in total. The van der Waals surface area contributed by atoms with Gasteiger partial charge in [0.05, 0.1) is 17.6 Å². The molecular formula is C50H66IrNO2S-. The first-order valence-electron chi connectivity index (χ1n) is 20.4. The molecule has 0 unspecified atom stereocenters. The van der Waals surface area contributed by atoms with E-state index in [1.165, 1.54) is 73.0 Å². The Morgan fingerprint density at radius 3 is 2.02 bits per heavy atom. The molecule has 0 atom stereocenters. The van der Waals surface area contributed by atoms with E-state index in [2.05, 4.69) is 128 Å². The first-order chi connectivity index (χ1) is 25.3. The number of hydrogen-bond acceptors (Lipinski definition) is 3. The molecule has 5 heteroatoms. The van der Waals surface area contributed by atoms with Crippen LogP contribution in [0.15, 0.2) is 72.6 Å². The Morgan fingerprint density at radius 2 is 1.45 bits per heavy atom. The van der Waals surface area contributed by atoms with Crippen molar-refractivity contribution >= 4 is 48.1 Å². The summed E-state index contributed by atoms with van der Waals surface area (Å²) < 4.78 is 4.72. The van der Waals surface area contributed by atoms with Gasteiger partial charge in [-0.05, 0) is 95.6 Å². The van der Waals surface area contributed by atoms with Crippen molar-refractivity contribution in [3.63, 3.8) is 0 Å². The monoisotopic (exact) mass is 937 g/mol. The maximum absolute atomic E-state index is 11.7. The summed E-state index contributed by atoms with van der Waals surface area (Å²) >= 11 is 1.91. The fraction of sp³-hybridized carbons (Fsp3) is 0.480. The molecule has 3 aromatic carbocycles. The number of aliphatic hydroxyl groups excluding tert-OH is 1. The van der Waals surface area contributed by atoms with Gasteiger partial charge in [0.25, 0.3) is 0 Å². The minimum Gasteiger partial charge on any atom is -0.512 e. The van der Waals surface area contributed by atoms with Crippen LogP contribution in [0.5, 0.6) is 0 Å². The van der Waals surface area contributed by atoms with E-state index in [1.807, 2.05) is 39.0 Å². The third-order valence-corrected chi connectivity index (χ3v) is 13.2. The van der Waals surface area contributed by atoms with Crippen LogP contribution < -0.4 is 4.57 Å². The van der Waals surface area contributed by atoms with Crippen molar-refractivity contribution in [3.8, 4) is 11.3 Å². The molecule has 2 heterocycles. The van der Waals surface area contributed by atoms with Gasteiger partial charge in [-0.1, -0.05) is 117 Å². The zero-order valence-electron chi connectivity index (χ0n) is 35.5. The molecular weight excluding hydrogens is 871 g/mol. The molecule has 1 radical (unpaired) electrons. The fourth-order valence-electron chi connectivity index (χ4n) is 9.50. The number of rotatable bonds is 9. The van der Waals surface area contributed by atoms with Crippen molar-refractivity contribution in [2.24, 2.45) is 22.7 Å². The van der Waals surface area contributed by atoms with Crippen molar-refractivity contribution in [2.75, 3.05) is 0 Å². The van der Waals surface area contributed by atoms with Crippen LogP contribution >= 0.6 is 11.3 Å². The van der Waals surface area contributed by atoms with E-state index in [9.17, 15) is 9.90 Å². The van der Waals surface area contributed by atoms with Crippen LogP contribution in [0.1, 0.15) is 144 Å². The topological polar surface area (TPSA) is 41.2 Å². The molecule has 299 valence electrons. The first kappa shape index (κ1) is 44.6. The maximum Gasteiger partial charge on any atom is 0.162 e. The Morgan fingerprint density at radius 1 is 0.873 bits per heavy atom. The van der Waals surface area contributed by atoms with Gasteiger partial charge < -0.3 is 9.67 Å². The van der Waals surface area contributed by atoms with Crippen LogP contribution in [-0.4, -0.2) is 10.9 Å². The summed E-state index contributed by atoms with van der Waals surface area (Å²) in [6.45, 7) is 29.4. The number of carbonyl (C=O) groups excluding carboxylic acids is 1. The van der Waals surface area contributed by atoms with E-state index >= 15 is 0 Å². The number of ketones is 1. The van der Waals surface area contributed by atoms with E-state index in [0.29, 0.717) is 16.7 Å². The number of carbonyl (C=O) groups is 1. The average Bonchev–Trinajstić information content (AvgIpc) is 3.46. The number of allylic oxidation sites excluding steroid dienone is 2. The standard InChI is InChI=1S/C37H42NS.C13H24O2.Ir/c1-23-26-12-10-11-13-27(26)31(35(2,3)4)19-30(23)33-34-29(16-17-38(33)9)28-15-14-24(18-32(28)39-34)25-20-36(5,6)22-37(7,8)21-25;1-5-10(6-2)12(14)9-13(15)11(7-3)8-4;/h10-19,25H,1,9,20-22H2,2-8H3;9-11,14H,5-8H2,1-4H3;/q-1;;/b;12-9-;. The minimum absolute atomic E-state index is 0. The summed E-state index contributed by atoms with van der Waals surface area (Å²) in [5.41, 5.74) is 7.03. The Balaban J connectivity index is 0.000000360.